The van der Waals surface area contributed by atoms with Crippen LogP contribution >= 0.6 is 12.2 Å². The second kappa shape index (κ2) is 5.41. The molecular weight excluding hydrogens is 220 g/mol. The fraction of sp³-hybridized carbons (Fsp3) is 0.636. The first-order valence-corrected chi connectivity index (χ1v) is 5.83. The van der Waals surface area contributed by atoms with Crippen molar-refractivity contribution in [2.75, 3.05) is 6.54 Å². The van der Waals surface area contributed by atoms with E-state index < -0.39 is 0 Å². The maximum Gasteiger partial charge on any atom is 0.0870 e. The standard InChI is InChI=1S/C11H20N4S/c1-8(2)15(7-11(12)16)6-10-5-9(3)13-14(10)4/h5,8H,6-7H2,1-4H3,(H2,12,16). The highest BCUT2D eigenvalue weighted by Crippen LogP contribution is 2.09. The van der Waals surface area contributed by atoms with Gasteiger partial charge in [-0.25, -0.2) is 0 Å². The van der Waals surface area contributed by atoms with Crippen molar-refractivity contribution in [3.63, 3.8) is 0 Å². The summed E-state index contributed by atoms with van der Waals surface area (Å²) >= 11 is 4.96. The second-order valence-corrected chi connectivity index (χ2v) is 4.89. The molecule has 0 aliphatic carbocycles. The van der Waals surface area contributed by atoms with Gasteiger partial charge in [-0.2, -0.15) is 5.10 Å². The van der Waals surface area contributed by atoms with Crippen LogP contribution in [0.25, 0.3) is 0 Å². The molecule has 0 atom stereocenters. The van der Waals surface area contributed by atoms with E-state index >= 15 is 0 Å². The molecule has 0 saturated heterocycles. The van der Waals surface area contributed by atoms with Crippen molar-refractivity contribution in [2.24, 2.45) is 12.8 Å². The van der Waals surface area contributed by atoms with Crippen molar-refractivity contribution >= 4 is 17.2 Å². The summed E-state index contributed by atoms with van der Waals surface area (Å²) in [4.78, 5) is 2.77. The van der Waals surface area contributed by atoms with Gasteiger partial charge in [-0.15, -0.1) is 0 Å². The van der Waals surface area contributed by atoms with Gasteiger partial charge in [-0.1, -0.05) is 12.2 Å². The van der Waals surface area contributed by atoms with E-state index in [-0.39, 0.29) is 0 Å². The van der Waals surface area contributed by atoms with Crippen LogP contribution in [-0.4, -0.2) is 32.3 Å². The van der Waals surface area contributed by atoms with Gasteiger partial charge in [0.25, 0.3) is 0 Å². The molecule has 1 aromatic rings. The lowest BCUT2D eigenvalue weighted by Crippen LogP contribution is -2.37. The molecule has 1 heterocycles. The Hall–Kier alpha value is -0.940. The third-order valence-electron chi connectivity index (χ3n) is 2.55. The molecule has 90 valence electrons. The fourth-order valence-electron chi connectivity index (χ4n) is 1.64. The summed E-state index contributed by atoms with van der Waals surface area (Å²) in [5, 5.41) is 4.33. The topological polar surface area (TPSA) is 47.1 Å². The molecule has 0 aliphatic heterocycles. The monoisotopic (exact) mass is 240 g/mol. The molecule has 2 N–H and O–H groups in total. The molecule has 4 nitrogen and oxygen atoms in total. The normalized spacial score (nSPS) is 11.4. The highest BCUT2D eigenvalue weighted by Gasteiger charge is 2.13. The number of nitrogens with two attached hydrogens (primary N) is 1. The molecule has 0 amide bonds. The minimum atomic E-state index is 0.414. The van der Waals surface area contributed by atoms with Crippen LogP contribution in [0.15, 0.2) is 6.07 Å². The number of rotatable bonds is 5. The minimum absolute atomic E-state index is 0.414. The van der Waals surface area contributed by atoms with Crippen molar-refractivity contribution < 1.29 is 0 Å². The Morgan fingerprint density at radius 3 is 2.62 bits per heavy atom. The molecule has 0 unspecified atom stereocenters. The average molecular weight is 240 g/mol. The van der Waals surface area contributed by atoms with Crippen LogP contribution in [0.4, 0.5) is 0 Å². The van der Waals surface area contributed by atoms with E-state index in [2.05, 4.69) is 29.9 Å². The third-order valence-corrected chi connectivity index (χ3v) is 2.68. The van der Waals surface area contributed by atoms with Crippen LogP contribution in [0, 0.1) is 6.92 Å². The predicted octanol–water partition coefficient (Wildman–Crippen LogP) is 1.23. The Balaban J connectivity index is 2.75. The van der Waals surface area contributed by atoms with Gasteiger partial charge >= 0.3 is 0 Å². The largest absolute Gasteiger partial charge is 0.392 e. The number of hydrogen-bond acceptors (Lipinski definition) is 3. The highest BCUT2D eigenvalue weighted by molar-refractivity contribution is 7.80. The molecule has 16 heavy (non-hydrogen) atoms. The lowest BCUT2D eigenvalue weighted by molar-refractivity contribution is 0.239. The molecule has 0 bridgehead atoms. The number of nitrogens with zero attached hydrogens (tertiary/aromatic N) is 3. The van der Waals surface area contributed by atoms with Gasteiger partial charge in [0.1, 0.15) is 0 Å². The maximum absolute atomic E-state index is 5.60. The Labute approximate surface area is 102 Å². The van der Waals surface area contributed by atoms with Gasteiger partial charge in [0.05, 0.1) is 16.4 Å². The van der Waals surface area contributed by atoms with E-state index in [0.29, 0.717) is 17.6 Å². The van der Waals surface area contributed by atoms with Gasteiger partial charge in [-0.3, -0.25) is 9.58 Å². The average Bonchev–Trinajstić information content (AvgIpc) is 2.43. The van der Waals surface area contributed by atoms with Crippen molar-refractivity contribution in [1.82, 2.24) is 14.7 Å². The minimum Gasteiger partial charge on any atom is -0.392 e. The highest BCUT2D eigenvalue weighted by atomic mass is 32.1. The summed E-state index contributed by atoms with van der Waals surface area (Å²) in [7, 11) is 1.96. The van der Waals surface area contributed by atoms with Crippen molar-refractivity contribution in [3.05, 3.63) is 17.5 Å². The molecule has 0 aromatic carbocycles. The van der Waals surface area contributed by atoms with Crippen LogP contribution in [0.1, 0.15) is 25.2 Å². The van der Waals surface area contributed by atoms with E-state index in [0.717, 1.165) is 12.2 Å². The van der Waals surface area contributed by atoms with Crippen LogP contribution < -0.4 is 5.73 Å². The van der Waals surface area contributed by atoms with Gasteiger partial charge in [0, 0.05) is 26.2 Å². The Bertz CT molecular complexity index is 370. The van der Waals surface area contributed by atoms with Gasteiger partial charge in [0.2, 0.25) is 0 Å². The fourth-order valence-corrected chi connectivity index (χ4v) is 1.81. The molecular formula is C11H20N4S. The Morgan fingerprint density at radius 2 is 2.25 bits per heavy atom. The first-order chi connectivity index (χ1) is 7.40. The third kappa shape index (κ3) is 3.57. The van der Waals surface area contributed by atoms with E-state index in [1.807, 2.05) is 18.7 Å². The lowest BCUT2D eigenvalue weighted by atomic mass is 10.2. The number of hydrogen-bond donors (Lipinski definition) is 1. The number of aryl methyl sites for hydroxylation is 2. The maximum atomic E-state index is 5.60. The molecule has 1 rings (SSSR count). The SMILES string of the molecule is Cc1cc(CN(CC(N)=S)C(C)C)n(C)n1. The Morgan fingerprint density at radius 1 is 1.62 bits per heavy atom. The van der Waals surface area contributed by atoms with E-state index in [1.54, 1.807) is 0 Å². The number of aromatic nitrogens is 2. The molecule has 0 fully saturated rings. The van der Waals surface area contributed by atoms with Crippen LogP contribution in [-0.2, 0) is 13.6 Å². The predicted molar refractivity (Wildman–Crippen MR) is 70.3 cm³/mol. The van der Waals surface area contributed by atoms with Gasteiger partial charge in [0.15, 0.2) is 0 Å². The van der Waals surface area contributed by atoms with E-state index in [4.69, 9.17) is 18.0 Å². The molecule has 0 radical (unpaired) electrons. The van der Waals surface area contributed by atoms with E-state index in [1.165, 1.54) is 5.69 Å². The zero-order chi connectivity index (χ0) is 12.3. The van der Waals surface area contributed by atoms with Gasteiger partial charge in [-0.05, 0) is 26.8 Å². The van der Waals surface area contributed by atoms with Crippen molar-refractivity contribution in [3.8, 4) is 0 Å². The van der Waals surface area contributed by atoms with Crippen LogP contribution in [0.3, 0.4) is 0 Å². The first kappa shape index (κ1) is 13.1. The summed E-state index contributed by atoms with van der Waals surface area (Å²) in [6.07, 6.45) is 0. The molecule has 0 aliphatic rings. The molecule has 0 saturated carbocycles. The smallest absolute Gasteiger partial charge is 0.0870 e. The zero-order valence-electron chi connectivity index (χ0n) is 10.4. The summed E-state index contributed by atoms with van der Waals surface area (Å²) in [6, 6.07) is 2.51. The summed E-state index contributed by atoms with van der Waals surface area (Å²) in [6.45, 7) is 7.75. The van der Waals surface area contributed by atoms with E-state index in [9.17, 15) is 0 Å². The summed E-state index contributed by atoms with van der Waals surface area (Å²) in [5.74, 6) is 0. The van der Waals surface area contributed by atoms with Crippen LogP contribution in [0.5, 0.6) is 0 Å². The molecule has 1 aromatic heterocycles. The molecule has 0 spiro atoms. The van der Waals surface area contributed by atoms with Crippen molar-refractivity contribution in [1.29, 1.82) is 0 Å². The Kier molecular flexibility index (Phi) is 4.44. The summed E-state index contributed by atoms with van der Waals surface area (Å²) < 4.78 is 1.91. The second-order valence-electron chi connectivity index (χ2n) is 4.37. The first-order valence-electron chi connectivity index (χ1n) is 5.42. The van der Waals surface area contributed by atoms with Crippen LogP contribution in [0.2, 0.25) is 0 Å². The molecule has 5 heteroatoms. The van der Waals surface area contributed by atoms with Gasteiger partial charge < -0.3 is 5.73 Å². The van der Waals surface area contributed by atoms with Crippen molar-refractivity contribution in [2.45, 2.75) is 33.4 Å². The zero-order valence-corrected chi connectivity index (χ0v) is 11.2. The quantitative estimate of drug-likeness (QED) is 0.786. The summed E-state index contributed by atoms with van der Waals surface area (Å²) in [5.41, 5.74) is 7.82. The number of thiocarbonyl (C=S) groups is 1. The lowest BCUT2D eigenvalue weighted by Gasteiger charge is -2.25.